The standard InChI is InChI=1S/C8H15NO3S/c1-13-4-7(10)9-5-8(11)2-3-12-6-8/h11H,2-6H2,1H3,(H,9,10). The lowest BCUT2D eigenvalue weighted by atomic mass is 10.0. The average Bonchev–Trinajstić information content (AvgIpc) is 2.51. The minimum absolute atomic E-state index is 0.0344. The number of carbonyl (C=O) groups excluding carboxylic acids is 1. The van der Waals surface area contributed by atoms with Crippen molar-refractivity contribution in [1.82, 2.24) is 5.32 Å². The molecule has 1 aliphatic heterocycles. The molecule has 0 aliphatic carbocycles. The molecule has 1 unspecified atom stereocenters. The highest BCUT2D eigenvalue weighted by Gasteiger charge is 2.32. The van der Waals surface area contributed by atoms with E-state index >= 15 is 0 Å². The van der Waals surface area contributed by atoms with E-state index in [2.05, 4.69) is 5.32 Å². The molecule has 1 heterocycles. The quantitative estimate of drug-likeness (QED) is 0.656. The maximum Gasteiger partial charge on any atom is 0.230 e. The van der Waals surface area contributed by atoms with Gasteiger partial charge in [0.2, 0.25) is 5.91 Å². The van der Waals surface area contributed by atoms with E-state index in [-0.39, 0.29) is 5.91 Å². The molecule has 5 heteroatoms. The Kier molecular flexibility index (Phi) is 4.02. The Labute approximate surface area is 82.0 Å². The molecule has 1 rings (SSSR count). The smallest absolute Gasteiger partial charge is 0.230 e. The highest BCUT2D eigenvalue weighted by atomic mass is 32.2. The van der Waals surface area contributed by atoms with Crippen LogP contribution in [0, 0.1) is 0 Å². The van der Waals surface area contributed by atoms with Gasteiger partial charge in [-0.1, -0.05) is 0 Å². The van der Waals surface area contributed by atoms with Crippen LogP contribution in [0.5, 0.6) is 0 Å². The lowest BCUT2D eigenvalue weighted by Crippen LogP contribution is -2.43. The monoisotopic (exact) mass is 205 g/mol. The maximum atomic E-state index is 11.1. The first-order valence-corrected chi connectivity index (χ1v) is 5.61. The second-order valence-corrected chi connectivity index (χ2v) is 4.10. The molecule has 2 N–H and O–H groups in total. The Bertz CT molecular complexity index is 180. The molecular weight excluding hydrogens is 190 g/mol. The van der Waals surface area contributed by atoms with Crippen LogP contribution in [0.15, 0.2) is 0 Å². The zero-order valence-corrected chi connectivity index (χ0v) is 8.52. The second-order valence-electron chi connectivity index (χ2n) is 3.24. The van der Waals surface area contributed by atoms with Gasteiger partial charge < -0.3 is 15.2 Å². The number of thioether (sulfide) groups is 1. The Balaban J connectivity index is 2.21. The number of ether oxygens (including phenoxy) is 1. The molecule has 1 aliphatic rings. The van der Waals surface area contributed by atoms with E-state index in [0.29, 0.717) is 31.9 Å². The van der Waals surface area contributed by atoms with E-state index in [4.69, 9.17) is 4.74 Å². The van der Waals surface area contributed by atoms with Crippen LogP contribution >= 0.6 is 11.8 Å². The summed E-state index contributed by atoms with van der Waals surface area (Å²) in [5, 5.41) is 12.4. The minimum atomic E-state index is -0.839. The maximum absolute atomic E-state index is 11.1. The molecule has 1 amide bonds. The predicted octanol–water partition coefficient (Wildman–Crippen LogP) is -0.383. The van der Waals surface area contributed by atoms with Crippen LogP contribution in [0.2, 0.25) is 0 Å². The molecule has 0 saturated carbocycles. The highest BCUT2D eigenvalue weighted by Crippen LogP contribution is 2.16. The fourth-order valence-electron chi connectivity index (χ4n) is 1.18. The number of amides is 1. The van der Waals surface area contributed by atoms with Crippen LogP contribution in [0.1, 0.15) is 6.42 Å². The normalized spacial score (nSPS) is 27.5. The number of carbonyl (C=O) groups is 1. The van der Waals surface area contributed by atoms with Crippen LogP contribution < -0.4 is 5.32 Å². The van der Waals surface area contributed by atoms with Crippen molar-refractivity contribution in [2.45, 2.75) is 12.0 Å². The summed E-state index contributed by atoms with van der Waals surface area (Å²) in [6, 6.07) is 0. The summed E-state index contributed by atoms with van der Waals surface area (Å²) in [5.41, 5.74) is -0.839. The Hall–Kier alpha value is -0.260. The predicted molar refractivity (Wildman–Crippen MR) is 51.8 cm³/mol. The Morgan fingerprint density at radius 2 is 2.54 bits per heavy atom. The first-order valence-electron chi connectivity index (χ1n) is 4.22. The fraction of sp³-hybridized carbons (Fsp3) is 0.875. The van der Waals surface area contributed by atoms with Crippen molar-refractivity contribution in [1.29, 1.82) is 0 Å². The number of hydrogen-bond donors (Lipinski definition) is 2. The molecule has 76 valence electrons. The number of aliphatic hydroxyl groups is 1. The van der Waals surface area contributed by atoms with Crippen molar-refractivity contribution >= 4 is 17.7 Å². The van der Waals surface area contributed by atoms with Crippen molar-refractivity contribution < 1.29 is 14.6 Å². The van der Waals surface area contributed by atoms with Crippen LogP contribution in [0.25, 0.3) is 0 Å². The third-order valence-electron chi connectivity index (χ3n) is 1.97. The van der Waals surface area contributed by atoms with Gasteiger partial charge in [0.25, 0.3) is 0 Å². The summed E-state index contributed by atoms with van der Waals surface area (Å²) in [7, 11) is 0. The van der Waals surface area contributed by atoms with Gasteiger partial charge in [-0.2, -0.15) is 11.8 Å². The fourth-order valence-corrected chi connectivity index (χ4v) is 1.55. The molecule has 0 aromatic rings. The van der Waals surface area contributed by atoms with Crippen molar-refractivity contribution in [3.05, 3.63) is 0 Å². The van der Waals surface area contributed by atoms with Crippen molar-refractivity contribution in [3.8, 4) is 0 Å². The van der Waals surface area contributed by atoms with Gasteiger partial charge in [-0.15, -0.1) is 0 Å². The van der Waals surface area contributed by atoms with Gasteiger partial charge in [-0.25, -0.2) is 0 Å². The molecule has 0 aromatic heterocycles. The van der Waals surface area contributed by atoms with E-state index in [1.807, 2.05) is 6.26 Å². The Morgan fingerprint density at radius 3 is 3.08 bits per heavy atom. The lowest BCUT2D eigenvalue weighted by Gasteiger charge is -2.20. The molecule has 0 spiro atoms. The van der Waals surface area contributed by atoms with Crippen LogP contribution in [-0.4, -0.2) is 48.4 Å². The van der Waals surface area contributed by atoms with Crippen molar-refractivity contribution in [3.63, 3.8) is 0 Å². The van der Waals surface area contributed by atoms with E-state index < -0.39 is 5.60 Å². The van der Waals surface area contributed by atoms with Crippen molar-refractivity contribution in [2.24, 2.45) is 0 Å². The third kappa shape index (κ3) is 3.54. The van der Waals surface area contributed by atoms with Gasteiger partial charge in [0, 0.05) is 19.6 Å². The molecular formula is C8H15NO3S. The van der Waals surface area contributed by atoms with Crippen LogP contribution in [0.3, 0.4) is 0 Å². The van der Waals surface area contributed by atoms with Gasteiger partial charge in [0.15, 0.2) is 0 Å². The third-order valence-corrected chi connectivity index (χ3v) is 2.52. The zero-order valence-electron chi connectivity index (χ0n) is 7.71. The Morgan fingerprint density at radius 1 is 1.77 bits per heavy atom. The van der Waals surface area contributed by atoms with E-state index in [1.54, 1.807) is 0 Å². The largest absolute Gasteiger partial charge is 0.386 e. The first kappa shape index (κ1) is 10.8. The highest BCUT2D eigenvalue weighted by molar-refractivity contribution is 7.99. The number of nitrogens with one attached hydrogen (secondary N) is 1. The second kappa shape index (κ2) is 4.83. The molecule has 0 bridgehead atoms. The number of hydrogen-bond acceptors (Lipinski definition) is 4. The SMILES string of the molecule is CSCC(=O)NCC1(O)CCOC1. The van der Waals surface area contributed by atoms with Crippen molar-refractivity contribution in [2.75, 3.05) is 31.8 Å². The zero-order chi connectivity index (χ0) is 9.73. The summed E-state index contributed by atoms with van der Waals surface area (Å²) in [5.74, 6) is 0.407. The summed E-state index contributed by atoms with van der Waals surface area (Å²) >= 11 is 1.47. The van der Waals surface area contributed by atoms with E-state index in [9.17, 15) is 9.90 Å². The lowest BCUT2D eigenvalue weighted by molar-refractivity contribution is -0.119. The molecule has 0 radical (unpaired) electrons. The van der Waals surface area contributed by atoms with Crippen LogP contribution in [0.4, 0.5) is 0 Å². The topological polar surface area (TPSA) is 58.6 Å². The van der Waals surface area contributed by atoms with Gasteiger partial charge in [0.05, 0.1) is 12.4 Å². The summed E-state index contributed by atoms with van der Waals surface area (Å²) in [4.78, 5) is 11.1. The molecule has 13 heavy (non-hydrogen) atoms. The van der Waals surface area contributed by atoms with Gasteiger partial charge in [0.1, 0.15) is 5.60 Å². The molecule has 4 nitrogen and oxygen atoms in total. The molecule has 0 aromatic carbocycles. The first-order chi connectivity index (χ1) is 6.16. The van der Waals surface area contributed by atoms with Gasteiger partial charge in [-0.3, -0.25) is 4.79 Å². The summed E-state index contributed by atoms with van der Waals surface area (Å²) < 4.78 is 5.05. The van der Waals surface area contributed by atoms with Gasteiger partial charge >= 0.3 is 0 Å². The average molecular weight is 205 g/mol. The minimum Gasteiger partial charge on any atom is -0.386 e. The van der Waals surface area contributed by atoms with Crippen LogP contribution in [-0.2, 0) is 9.53 Å². The summed E-state index contributed by atoms with van der Waals surface area (Å²) in [6.07, 6.45) is 2.47. The molecule has 1 fully saturated rings. The summed E-state index contributed by atoms with van der Waals surface area (Å²) in [6.45, 7) is 1.20. The number of rotatable bonds is 4. The van der Waals surface area contributed by atoms with Gasteiger partial charge in [-0.05, 0) is 6.26 Å². The van der Waals surface area contributed by atoms with E-state index in [1.165, 1.54) is 11.8 Å². The molecule has 1 saturated heterocycles. The molecule has 1 atom stereocenters. The van der Waals surface area contributed by atoms with E-state index in [0.717, 1.165) is 0 Å².